The lowest BCUT2D eigenvalue weighted by Gasteiger charge is -2.06. The first-order valence-corrected chi connectivity index (χ1v) is 7.77. The van der Waals surface area contributed by atoms with Gasteiger partial charge in [0.2, 0.25) is 0 Å². The van der Waals surface area contributed by atoms with Crippen molar-refractivity contribution in [1.82, 2.24) is 19.4 Å². The number of terminal acetylenes is 1. The second-order valence-corrected chi connectivity index (χ2v) is 5.51. The van der Waals surface area contributed by atoms with Gasteiger partial charge in [-0.2, -0.15) is 10.2 Å². The molecule has 25 heavy (non-hydrogen) atoms. The Balaban J connectivity index is 2.12. The van der Waals surface area contributed by atoms with Gasteiger partial charge in [-0.1, -0.05) is 18.6 Å². The maximum Gasteiger partial charge on any atom is 0.266 e. The smallest absolute Gasteiger partial charge is 0.266 e. The molecule has 0 amide bonds. The van der Waals surface area contributed by atoms with Crippen molar-refractivity contribution in [2.75, 3.05) is 0 Å². The number of rotatable bonds is 4. The van der Waals surface area contributed by atoms with Crippen LogP contribution >= 0.6 is 0 Å². The zero-order valence-electron chi connectivity index (χ0n) is 13.9. The molecular formula is C20H16N4O. The summed E-state index contributed by atoms with van der Waals surface area (Å²) in [4.78, 5) is 12.1. The van der Waals surface area contributed by atoms with E-state index in [-0.39, 0.29) is 5.56 Å². The van der Waals surface area contributed by atoms with Gasteiger partial charge in [0, 0.05) is 18.7 Å². The molecular weight excluding hydrogens is 312 g/mol. The van der Waals surface area contributed by atoms with Crippen LogP contribution in [0.1, 0.15) is 19.0 Å². The highest BCUT2D eigenvalue weighted by Gasteiger charge is 2.17. The van der Waals surface area contributed by atoms with Crippen LogP contribution in [-0.4, -0.2) is 19.4 Å². The molecule has 122 valence electrons. The third kappa shape index (κ3) is 3.22. The number of allylic oxidation sites excluding steroid dienone is 1. The Morgan fingerprint density at radius 3 is 2.88 bits per heavy atom. The molecule has 0 saturated carbocycles. The molecule has 5 heteroatoms. The van der Waals surface area contributed by atoms with Gasteiger partial charge < -0.3 is 0 Å². The maximum atomic E-state index is 12.1. The maximum absolute atomic E-state index is 12.1. The highest BCUT2D eigenvalue weighted by molar-refractivity contribution is 5.87. The lowest BCUT2D eigenvalue weighted by Crippen LogP contribution is -2.22. The number of aromatic nitrogens is 4. The normalized spacial score (nSPS) is 10.1. The summed E-state index contributed by atoms with van der Waals surface area (Å²) in [5.41, 5.74) is 3.85. The fraction of sp³-hybridized carbons (Fsp3) is 0.150. The molecule has 0 unspecified atom stereocenters. The van der Waals surface area contributed by atoms with Crippen molar-refractivity contribution in [3.63, 3.8) is 0 Å². The number of nitrogens with zero attached hydrogens (tertiary/aromatic N) is 4. The van der Waals surface area contributed by atoms with E-state index in [1.165, 1.54) is 10.7 Å². The molecule has 5 nitrogen and oxygen atoms in total. The summed E-state index contributed by atoms with van der Waals surface area (Å²) < 4.78 is 3.18. The Labute approximate surface area is 145 Å². The second kappa shape index (κ2) is 6.90. The van der Waals surface area contributed by atoms with Crippen molar-refractivity contribution < 1.29 is 0 Å². The lowest BCUT2D eigenvalue weighted by atomic mass is 10.1. The number of pyridine rings is 1. The Morgan fingerprint density at radius 1 is 1.28 bits per heavy atom. The topological polar surface area (TPSA) is 52.2 Å². The van der Waals surface area contributed by atoms with Crippen LogP contribution in [0.25, 0.3) is 22.3 Å². The van der Waals surface area contributed by atoms with Crippen LogP contribution in [0.2, 0.25) is 0 Å². The van der Waals surface area contributed by atoms with Gasteiger partial charge >= 0.3 is 0 Å². The van der Waals surface area contributed by atoms with E-state index in [0.29, 0.717) is 18.7 Å². The van der Waals surface area contributed by atoms with Gasteiger partial charge in [-0.15, -0.1) is 6.42 Å². The average molecular weight is 328 g/mol. The first kappa shape index (κ1) is 16.3. The Morgan fingerprint density at radius 2 is 2.12 bits per heavy atom. The molecule has 0 aliphatic heterocycles. The molecule has 0 bridgehead atoms. The van der Waals surface area contributed by atoms with Crippen molar-refractivity contribution in [2.24, 2.45) is 0 Å². The summed E-state index contributed by atoms with van der Waals surface area (Å²) in [6, 6.07) is 9.02. The van der Waals surface area contributed by atoms with Crippen LogP contribution < -0.4 is 5.56 Å². The molecule has 0 atom stereocenters. The van der Waals surface area contributed by atoms with Gasteiger partial charge in [0.05, 0.1) is 29.0 Å². The zero-order chi connectivity index (χ0) is 17.8. The minimum Gasteiger partial charge on any atom is -0.268 e. The number of aryl methyl sites for hydroxylation is 1. The van der Waals surface area contributed by atoms with Crippen LogP contribution in [0.15, 0.2) is 47.9 Å². The number of hydrogen-bond donors (Lipinski definition) is 0. The van der Waals surface area contributed by atoms with Crippen LogP contribution in [0.4, 0.5) is 0 Å². The third-order valence-corrected chi connectivity index (χ3v) is 3.68. The summed E-state index contributed by atoms with van der Waals surface area (Å²) in [7, 11) is 0. The van der Waals surface area contributed by atoms with Crippen LogP contribution in [0.3, 0.4) is 0 Å². The zero-order valence-corrected chi connectivity index (χ0v) is 13.9. The largest absolute Gasteiger partial charge is 0.268 e. The third-order valence-electron chi connectivity index (χ3n) is 3.68. The van der Waals surface area contributed by atoms with E-state index in [1.54, 1.807) is 10.6 Å². The predicted molar refractivity (Wildman–Crippen MR) is 98.6 cm³/mol. The summed E-state index contributed by atoms with van der Waals surface area (Å²) in [6.45, 7) is 6.29. The molecule has 0 fully saturated rings. The van der Waals surface area contributed by atoms with E-state index in [9.17, 15) is 4.79 Å². The van der Waals surface area contributed by atoms with Gasteiger partial charge in [-0.25, -0.2) is 9.20 Å². The van der Waals surface area contributed by atoms with E-state index in [4.69, 9.17) is 6.42 Å². The standard InChI is InChI=1S/C20H16N4O/c1-4-5-6-8-14-24-18(25)12-11-16(21-24)19-17-10-7-9-13-23(17)22-20(19)15(2)3/h1,7,9-13H,2,8,14H2,3H3. The van der Waals surface area contributed by atoms with Crippen LogP contribution in [0.5, 0.6) is 0 Å². The summed E-state index contributed by atoms with van der Waals surface area (Å²) in [5.74, 6) is 7.60. The van der Waals surface area contributed by atoms with Crippen molar-refractivity contribution in [3.05, 3.63) is 59.2 Å². The molecule has 0 radical (unpaired) electrons. The van der Waals surface area contributed by atoms with Gasteiger partial charge in [0.15, 0.2) is 0 Å². The number of hydrogen-bond acceptors (Lipinski definition) is 3. The van der Waals surface area contributed by atoms with Gasteiger partial charge in [0.25, 0.3) is 5.56 Å². The first-order valence-electron chi connectivity index (χ1n) is 7.77. The Kier molecular flexibility index (Phi) is 4.50. The van der Waals surface area contributed by atoms with Gasteiger partial charge in [-0.05, 0) is 42.5 Å². The van der Waals surface area contributed by atoms with E-state index in [2.05, 4.69) is 34.5 Å². The van der Waals surface area contributed by atoms with E-state index in [0.717, 1.165) is 22.3 Å². The minimum absolute atomic E-state index is 0.181. The van der Waals surface area contributed by atoms with Crippen molar-refractivity contribution in [3.8, 4) is 35.4 Å². The fourth-order valence-corrected chi connectivity index (χ4v) is 2.57. The molecule has 0 N–H and O–H groups in total. The first-order chi connectivity index (χ1) is 12.1. The Bertz CT molecular complexity index is 1120. The van der Waals surface area contributed by atoms with E-state index < -0.39 is 0 Å². The summed E-state index contributed by atoms with van der Waals surface area (Å²) in [6.07, 6.45) is 7.43. The second-order valence-electron chi connectivity index (χ2n) is 5.51. The van der Waals surface area contributed by atoms with E-state index >= 15 is 0 Å². The van der Waals surface area contributed by atoms with Crippen molar-refractivity contribution >= 4 is 11.1 Å². The van der Waals surface area contributed by atoms with Crippen LogP contribution in [-0.2, 0) is 6.54 Å². The Hall–Kier alpha value is -3.57. The molecule has 3 aromatic heterocycles. The highest BCUT2D eigenvalue weighted by atomic mass is 16.1. The molecule has 0 aliphatic rings. The molecule has 3 rings (SSSR count). The summed E-state index contributed by atoms with van der Waals surface area (Å²) in [5, 5.41) is 9.07. The van der Waals surface area contributed by atoms with E-state index in [1.807, 2.05) is 31.3 Å². The van der Waals surface area contributed by atoms with Gasteiger partial charge in [-0.3, -0.25) is 4.79 Å². The SMILES string of the molecule is C#CC#CCCn1nc(-c2c(C(=C)C)nn3ccccc23)ccc1=O. The molecule has 3 aromatic rings. The highest BCUT2D eigenvalue weighted by Crippen LogP contribution is 2.30. The molecule has 0 spiro atoms. The fourth-order valence-electron chi connectivity index (χ4n) is 2.57. The molecule has 0 saturated heterocycles. The summed E-state index contributed by atoms with van der Waals surface area (Å²) >= 11 is 0. The quantitative estimate of drug-likeness (QED) is 0.692. The van der Waals surface area contributed by atoms with Crippen LogP contribution in [0, 0.1) is 24.2 Å². The molecule has 0 aliphatic carbocycles. The van der Waals surface area contributed by atoms with Crippen molar-refractivity contribution in [2.45, 2.75) is 19.9 Å². The average Bonchev–Trinajstić information content (AvgIpc) is 3.00. The van der Waals surface area contributed by atoms with Gasteiger partial charge in [0.1, 0.15) is 0 Å². The lowest BCUT2D eigenvalue weighted by molar-refractivity contribution is 0.593. The monoisotopic (exact) mass is 328 g/mol. The van der Waals surface area contributed by atoms with Crippen molar-refractivity contribution in [1.29, 1.82) is 0 Å². The number of fused-ring (bicyclic) bond motifs is 1. The predicted octanol–water partition coefficient (Wildman–Crippen LogP) is 2.62. The molecule has 3 heterocycles. The minimum atomic E-state index is -0.181. The molecule has 0 aromatic carbocycles.